The topological polar surface area (TPSA) is 35.5 Å². The zero-order valence-electron chi connectivity index (χ0n) is 14.3. The van der Waals surface area contributed by atoms with E-state index in [0.29, 0.717) is 6.04 Å². The fraction of sp³-hybridized carbons (Fsp3) is 1.00. The highest BCUT2D eigenvalue weighted by Gasteiger charge is 2.29. The number of rotatable bonds is 11. The molecule has 0 amide bonds. The molecule has 20 heavy (non-hydrogen) atoms. The zero-order chi connectivity index (χ0) is 15.2. The van der Waals surface area contributed by atoms with Crippen LogP contribution in [0.1, 0.15) is 66.7 Å². The number of hydrogen-bond donors (Lipinski definition) is 2. The summed E-state index contributed by atoms with van der Waals surface area (Å²) in [6, 6.07) is 1.28. The fourth-order valence-corrected chi connectivity index (χ4v) is 2.91. The third kappa shape index (κ3) is 7.05. The van der Waals surface area contributed by atoms with Crippen molar-refractivity contribution >= 4 is 0 Å². The van der Waals surface area contributed by atoms with Crippen LogP contribution < -0.4 is 5.32 Å². The van der Waals surface area contributed by atoms with E-state index in [2.05, 4.69) is 44.8 Å². The molecule has 0 aromatic rings. The van der Waals surface area contributed by atoms with Gasteiger partial charge in [-0.2, -0.15) is 0 Å². The number of nitrogens with one attached hydrogen (secondary N) is 1. The van der Waals surface area contributed by atoms with E-state index in [-0.39, 0.29) is 12.1 Å². The molecule has 3 nitrogen and oxygen atoms in total. The number of hydrogen-bond acceptors (Lipinski definition) is 3. The minimum absolute atomic E-state index is 0.124. The molecule has 1 aliphatic carbocycles. The molecule has 120 valence electrons. The summed E-state index contributed by atoms with van der Waals surface area (Å²) in [6.07, 6.45) is 6.30. The van der Waals surface area contributed by atoms with Crippen LogP contribution >= 0.6 is 0 Å². The number of nitrogens with zero attached hydrogens (tertiary/aromatic N) is 1. The quantitative estimate of drug-likeness (QED) is 0.612. The lowest BCUT2D eigenvalue weighted by Crippen LogP contribution is -2.49. The first-order valence-corrected chi connectivity index (χ1v) is 8.49. The van der Waals surface area contributed by atoms with Crippen LogP contribution in [0.2, 0.25) is 0 Å². The third-order valence-corrected chi connectivity index (χ3v) is 4.22. The first-order valence-electron chi connectivity index (χ1n) is 8.49. The van der Waals surface area contributed by atoms with Crippen molar-refractivity contribution in [1.82, 2.24) is 10.2 Å². The largest absolute Gasteiger partial charge is 0.394 e. The molecule has 1 rings (SSSR count). The van der Waals surface area contributed by atoms with Crippen molar-refractivity contribution in [3.63, 3.8) is 0 Å². The van der Waals surface area contributed by atoms with Crippen LogP contribution in [0.3, 0.4) is 0 Å². The van der Waals surface area contributed by atoms with Crippen LogP contribution in [-0.4, -0.2) is 47.3 Å². The van der Waals surface area contributed by atoms with Gasteiger partial charge in [0.2, 0.25) is 0 Å². The molecule has 1 saturated carbocycles. The van der Waals surface area contributed by atoms with Gasteiger partial charge in [0.1, 0.15) is 0 Å². The van der Waals surface area contributed by atoms with Gasteiger partial charge in [0.05, 0.1) is 6.61 Å². The molecule has 1 fully saturated rings. The number of aliphatic hydroxyl groups is 1. The van der Waals surface area contributed by atoms with Gasteiger partial charge in [0.15, 0.2) is 0 Å². The van der Waals surface area contributed by atoms with Crippen molar-refractivity contribution in [2.24, 2.45) is 5.92 Å². The first kappa shape index (κ1) is 17.9. The Labute approximate surface area is 126 Å². The molecule has 0 radical (unpaired) electrons. The predicted octanol–water partition coefficient (Wildman–Crippen LogP) is 3.03. The average Bonchev–Trinajstić information content (AvgIpc) is 3.16. The van der Waals surface area contributed by atoms with Gasteiger partial charge >= 0.3 is 0 Å². The second-order valence-corrected chi connectivity index (χ2v) is 7.57. The van der Waals surface area contributed by atoms with Crippen molar-refractivity contribution in [2.75, 3.05) is 19.7 Å². The Morgan fingerprint density at radius 1 is 1.20 bits per heavy atom. The molecular formula is C17H36N2O. The maximum absolute atomic E-state index is 9.62. The lowest BCUT2D eigenvalue weighted by Gasteiger charge is -2.32. The Hall–Kier alpha value is -0.120. The minimum atomic E-state index is -0.124. The summed E-state index contributed by atoms with van der Waals surface area (Å²) < 4.78 is 0. The lowest BCUT2D eigenvalue weighted by molar-refractivity contribution is 0.146. The highest BCUT2D eigenvalue weighted by atomic mass is 16.3. The highest BCUT2D eigenvalue weighted by molar-refractivity contribution is 4.87. The highest BCUT2D eigenvalue weighted by Crippen LogP contribution is 2.28. The average molecular weight is 284 g/mol. The van der Waals surface area contributed by atoms with Gasteiger partial charge < -0.3 is 15.3 Å². The van der Waals surface area contributed by atoms with E-state index in [1.807, 2.05) is 0 Å². The molecule has 0 saturated heterocycles. The molecule has 2 N–H and O–H groups in total. The predicted molar refractivity (Wildman–Crippen MR) is 87.0 cm³/mol. The molecular weight excluding hydrogens is 248 g/mol. The second kappa shape index (κ2) is 8.35. The van der Waals surface area contributed by atoms with Gasteiger partial charge in [-0.3, -0.25) is 0 Å². The fourth-order valence-electron chi connectivity index (χ4n) is 2.91. The number of aliphatic hydroxyl groups excluding tert-OH is 1. The lowest BCUT2D eigenvalue weighted by atomic mass is 9.95. The SMILES string of the molecule is CC(C)CCN(CCCC(C)(CO)NC(C)C)C1CC1. The van der Waals surface area contributed by atoms with Crippen LogP contribution in [0.25, 0.3) is 0 Å². The van der Waals surface area contributed by atoms with E-state index in [1.165, 1.54) is 38.8 Å². The summed E-state index contributed by atoms with van der Waals surface area (Å²) in [5.41, 5.74) is -0.124. The van der Waals surface area contributed by atoms with Gasteiger partial charge in [0.25, 0.3) is 0 Å². The maximum atomic E-state index is 9.62. The van der Waals surface area contributed by atoms with Crippen LogP contribution in [0.15, 0.2) is 0 Å². The van der Waals surface area contributed by atoms with Gasteiger partial charge in [-0.15, -0.1) is 0 Å². The van der Waals surface area contributed by atoms with Crippen molar-refractivity contribution in [2.45, 2.75) is 84.3 Å². The molecule has 0 aromatic carbocycles. The Morgan fingerprint density at radius 3 is 2.30 bits per heavy atom. The summed E-state index contributed by atoms with van der Waals surface area (Å²) in [4.78, 5) is 2.67. The van der Waals surface area contributed by atoms with Crippen molar-refractivity contribution in [3.8, 4) is 0 Å². The van der Waals surface area contributed by atoms with E-state index < -0.39 is 0 Å². The van der Waals surface area contributed by atoms with Crippen LogP contribution in [0, 0.1) is 5.92 Å². The molecule has 0 aromatic heterocycles. The monoisotopic (exact) mass is 284 g/mol. The van der Waals surface area contributed by atoms with Crippen molar-refractivity contribution in [1.29, 1.82) is 0 Å². The van der Waals surface area contributed by atoms with Gasteiger partial charge in [-0.1, -0.05) is 27.7 Å². The Morgan fingerprint density at radius 2 is 1.85 bits per heavy atom. The summed E-state index contributed by atoms with van der Waals surface area (Å²) >= 11 is 0. The summed E-state index contributed by atoms with van der Waals surface area (Å²) in [5.74, 6) is 0.793. The maximum Gasteiger partial charge on any atom is 0.0610 e. The Balaban J connectivity index is 2.31. The Bertz CT molecular complexity index is 264. The molecule has 3 heteroatoms. The summed E-state index contributed by atoms with van der Waals surface area (Å²) in [5, 5.41) is 13.1. The van der Waals surface area contributed by atoms with Gasteiger partial charge in [-0.25, -0.2) is 0 Å². The van der Waals surface area contributed by atoms with E-state index in [1.54, 1.807) is 0 Å². The van der Waals surface area contributed by atoms with Crippen molar-refractivity contribution in [3.05, 3.63) is 0 Å². The van der Waals surface area contributed by atoms with E-state index in [4.69, 9.17) is 0 Å². The van der Waals surface area contributed by atoms with Gasteiger partial charge in [-0.05, 0) is 58.0 Å². The first-order chi connectivity index (χ1) is 9.36. The Kier molecular flexibility index (Phi) is 7.49. The van der Waals surface area contributed by atoms with Crippen molar-refractivity contribution < 1.29 is 5.11 Å². The molecule has 1 atom stereocenters. The molecule has 0 bridgehead atoms. The summed E-state index contributed by atoms with van der Waals surface area (Å²) in [6.45, 7) is 13.7. The molecule has 0 heterocycles. The molecule has 0 aliphatic heterocycles. The van der Waals surface area contributed by atoms with E-state index >= 15 is 0 Å². The third-order valence-electron chi connectivity index (χ3n) is 4.22. The molecule has 1 unspecified atom stereocenters. The van der Waals surface area contributed by atoms with Crippen LogP contribution in [-0.2, 0) is 0 Å². The minimum Gasteiger partial charge on any atom is -0.394 e. The normalized spacial score (nSPS) is 19.1. The second-order valence-electron chi connectivity index (χ2n) is 7.57. The van der Waals surface area contributed by atoms with Crippen LogP contribution in [0.4, 0.5) is 0 Å². The molecule has 1 aliphatic rings. The van der Waals surface area contributed by atoms with Crippen LogP contribution in [0.5, 0.6) is 0 Å². The van der Waals surface area contributed by atoms with Gasteiger partial charge in [0, 0.05) is 17.6 Å². The summed E-state index contributed by atoms with van der Waals surface area (Å²) in [7, 11) is 0. The molecule has 0 spiro atoms. The zero-order valence-corrected chi connectivity index (χ0v) is 14.3. The smallest absolute Gasteiger partial charge is 0.0610 e. The van der Waals surface area contributed by atoms with E-state index in [0.717, 1.165) is 18.4 Å². The van der Waals surface area contributed by atoms with E-state index in [9.17, 15) is 5.11 Å². The standard InChI is InChI=1S/C17H36N2O/c1-14(2)9-12-19(16-7-8-16)11-6-10-17(5,13-20)18-15(3)4/h14-16,18,20H,6-13H2,1-5H3.